The lowest BCUT2D eigenvalue weighted by Gasteiger charge is -2.34. The van der Waals surface area contributed by atoms with Crippen molar-refractivity contribution in [1.29, 1.82) is 0 Å². The zero-order chi connectivity index (χ0) is 29.3. The third-order valence-electron chi connectivity index (χ3n) is 7.16. The Balaban J connectivity index is 2.05. The molecule has 0 saturated carbocycles. The third kappa shape index (κ3) is 8.42. The van der Waals surface area contributed by atoms with E-state index in [2.05, 4.69) is 5.32 Å². The summed E-state index contributed by atoms with van der Waals surface area (Å²) in [6.45, 7) is 8.13. The zero-order valence-corrected chi connectivity index (χ0v) is 25.0. The van der Waals surface area contributed by atoms with Crippen LogP contribution in [0.3, 0.4) is 0 Å². The molecule has 1 unspecified atom stereocenters. The van der Waals surface area contributed by atoms with Gasteiger partial charge in [0.25, 0.3) is 0 Å². The summed E-state index contributed by atoms with van der Waals surface area (Å²) in [5, 5.41) is 3.00. The molecular weight excluding hydrogens is 522 g/mol. The van der Waals surface area contributed by atoms with E-state index in [9.17, 15) is 18.0 Å². The van der Waals surface area contributed by atoms with Crippen molar-refractivity contribution in [2.24, 2.45) is 0 Å². The van der Waals surface area contributed by atoms with Gasteiger partial charge in [0.05, 0.1) is 11.9 Å². The Bertz CT molecular complexity index is 1410. The fraction of sp³-hybridized carbons (Fsp3) is 0.375. The molecular formula is C32H41N3O4S. The van der Waals surface area contributed by atoms with Crippen LogP contribution in [0.5, 0.6) is 0 Å². The smallest absolute Gasteiger partial charge is 0.244 e. The van der Waals surface area contributed by atoms with Gasteiger partial charge in [-0.3, -0.25) is 13.9 Å². The summed E-state index contributed by atoms with van der Waals surface area (Å²) in [6, 6.07) is 21.8. The maximum Gasteiger partial charge on any atom is 0.244 e. The molecule has 0 aliphatic heterocycles. The topological polar surface area (TPSA) is 86.8 Å². The number of anilines is 1. The fourth-order valence-electron chi connectivity index (χ4n) is 4.53. The fourth-order valence-corrected chi connectivity index (χ4v) is 5.37. The first-order valence-corrected chi connectivity index (χ1v) is 15.6. The monoisotopic (exact) mass is 563 g/mol. The number of amides is 2. The Morgan fingerprint density at radius 2 is 1.55 bits per heavy atom. The largest absolute Gasteiger partial charge is 0.354 e. The normalized spacial score (nSPS) is 12.0. The first-order chi connectivity index (χ1) is 19.0. The van der Waals surface area contributed by atoms with Gasteiger partial charge in [0, 0.05) is 19.5 Å². The van der Waals surface area contributed by atoms with Crippen LogP contribution < -0.4 is 9.62 Å². The van der Waals surface area contributed by atoms with Crippen molar-refractivity contribution in [3.05, 3.63) is 101 Å². The second-order valence-electron chi connectivity index (χ2n) is 10.3. The summed E-state index contributed by atoms with van der Waals surface area (Å²) in [4.78, 5) is 29.3. The molecule has 0 fully saturated rings. The van der Waals surface area contributed by atoms with Crippen LogP contribution in [0.2, 0.25) is 0 Å². The molecule has 8 heteroatoms. The van der Waals surface area contributed by atoms with E-state index in [4.69, 9.17) is 0 Å². The molecule has 214 valence electrons. The van der Waals surface area contributed by atoms with Crippen LogP contribution in [0.15, 0.2) is 72.8 Å². The van der Waals surface area contributed by atoms with Crippen molar-refractivity contribution in [3.63, 3.8) is 0 Å². The van der Waals surface area contributed by atoms with Crippen LogP contribution in [0.25, 0.3) is 0 Å². The molecule has 0 heterocycles. The molecule has 2 amide bonds. The van der Waals surface area contributed by atoms with Crippen molar-refractivity contribution in [1.82, 2.24) is 10.2 Å². The van der Waals surface area contributed by atoms with Crippen molar-refractivity contribution >= 4 is 27.5 Å². The number of benzene rings is 3. The molecule has 3 aromatic rings. The molecule has 3 aromatic carbocycles. The number of nitrogens with zero attached hydrogens (tertiary/aromatic N) is 2. The summed E-state index contributed by atoms with van der Waals surface area (Å²) in [5.41, 5.74) is 5.16. The van der Waals surface area contributed by atoms with Crippen molar-refractivity contribution in [2.45, 2.75) is 59.5 Å². The molecule has 0 aliphatic rings. The third-order valence-corrected chi connectivity index (χ3v) is 8.30. The lowest BCUT2D eigenvalue weighted by atomic mass is 10.0. The summed E-state index contributed by atoms with van der Waals surface area (Å²) in [5.74, 6) is -0.699. The van der Waals surface area contributed by atoms with Crippen molar-refractivity contribution in [2.75, 3.05) is 23.7 Å². The summed E-state index contributed by atoms with van der Waals surface area (Å²) in [6.07, 6.45) is 3.15. The minimum atomic E-state index is -3.79. The highest BCUT2D eigenvalue weighted by Crippen LogP contribution is 2.23. The number of sulfonamides is 1. The minimum Gasteiger partial charge on any atom is -0.354 e. The van der Waals surface area contributed by atoms with Gasteiger partial charge in [-0.25, -0.2) is 8.42 Å². The summed E-state index contributed by atoms with van der Waals surface area (Å²) < 4.78 is 27.0. The van der Waals surface area contributed by atoms with E-state index < -0.39 is 28.5 Å². The lowest BCUT2D eigenvalue weighted by molar-refractivity contribution is -0.140. The first-order valence-electron chi connectivity index (χ1n) is 13.7. The number of carbonyl (C=O) groups is 2. The Kier molecular flexibility index (Phi) is 10.9. The standard InChI is InChI=1S/C32H41N3O4S/c1-6-7-19-33-32(37)30(21-27-14-9-8-10-15-27)34(22-28-16-12-11-13-25(28)3)31(36)23-35(40(5,38)39)29-18-17-24(2)26(4)20-29/h8-18,20,30H,6-7,19,21-23H2,1-5H3,(H,33,37). The van der Waals surface area contributed by atoms with Crippen LogP contribution in [0, 0.1) is 20.8 Å². The molecule has 3 rings (SSSR count). The summed E-state index contributed by atoms with van der Waals surface area (Å²) >= 11 is 0. The molecule has 40 heavy (non-hydrogen) atoms. The molecule has 0 aliphatic carbocycles. The highest BCUT2D eigenvalue weighted by Gasteiger charge is 2.33. The van der Waals surface area contributed by atoms with E-state index in [-0.39, 0.29) is 12.5 Å². The molecule has 1 N–H and O–H groups in total. The predicted molar refractivity (Wildman–Crippen MR) is 162 cm³/mol. The van der Waals surface area contributed by atoms with E-state index in [1.807, 2.05) is 88.4 Å². The second kappa shape index (κ2) is 14.1. The Morgan fingerprint density at radius 1 is 0.875 bits per heavy atom. The van der Waals surface area contributed by atoms with Crippen LogP contribution in [0.1, 0.15) is 47.6 Å². The number of aryl methyl sites for hydroxylation is 3. The Labute approximate surface area is 239 Å². The van der Waals surface area contributed by atoms with Gasteiger partial charge >= 0.3 is 0 Å². The van der Waals surface area contributed by atoms with Gasteiger partial charge in [-0.15, -0.1) is 0 Å². The molecule has 1 atom stereocenters. The van der Waals surface area contributed by atoms with Crippen LogP contribution >= 0.6 is 0 Å². The number of carbonyl (C=O) groups excluding carboxylic acids is 2. The average Bonchev–Trinajstić information content (AvgIpc) is 2.91. The quantitative estimate of drug-likeness (QED) is 0.299. The molecule has 0 bridgehead atoms. The van der Waals surface area contributed by atoms with Gasteiger partial charge in [0.1, 0.15) is 12.6 Å². The van der Waals surface area contributed by atoms with Gasteiger partial charge in [0.2, 0.25) is 21.8 Å². The first kappa shape index (κ1) is 30.9. The Morgan fingerprint density at radius 3 is 2.17 bits per heavy atom. The Hall–Kier alpha value is -3.65. The van der Waals surface area contributed by atoms with Gasteiger partial charge in [-0.05, 0) is 67.1 Å². The van der Waals surface area contributed by atoms with Gasteiger partial charge in [-0.1, -0.05) is 74.0 Å². The predicted octanol–water partition coefficient (Wildman–Crippen LogP) is 4.93. The highest BCUT2D eigenvalue weighted by molar-refractivity contribution is 7.92. The van der Waals surface area contributed by atoms with Crippen molar-refractivity contribution in [3.8, 4) is 0 Å². The summed E-state index contributed by atoms with van der Waals surface area (Å²) in [7, 11) is -3.79. The number of hydrogen-bond acceptors (Lipinski definition) is 4. The maximum absolute atomic E-state index is 14.1. The van der Waals surface area contributed by atoms with E-state index >= 15 is 0 Å². The van der Waals surface area contributed by atoms with E-state index in [0.717, 1.165) is 51.2 Å². The van der Waals surface area contributed by atoms with Crippen LogP contribution in [-0.2, 0) is 32.6 Å². The van der Waals surface area contributed by atoms with Gasteiger partial charge < -0.3 is 10.2 Å². The number of rotatable bonds is 13. The zero-order valence-electron chi connectivity index (χ0n) is 24.2. The van der Waals surface area contributed by atoms with E-state index in [0.29, 0.717) is 18.7 Å². The van der Waals surface area contributed by atoms with E-state index in [1.165, 1.54) is 4.90 Å². The maximum atomic E-state index is 14.1. The highest BCUT2D eigenvalue weighted by atomic mass is 32.2. The van der Waals surface area contributed by atoms with Crippen LogP contribution in [-0.4, -0.2) is 50.5 Å². The van der Waals surface area contributed by atoms with E-state index in [1.54, 1.807) is 12.1 Å². The van der Waals surface area contributed by atoms with Gasteiger partial charge in [0.15, 0.2) is 0 Å². The van der Waals surface area contributed by atoms with Crippen LogP contribution in [0.4, 0.5) is 5.69 Å². The molecule has 0 radical (unpaired) electrons. The van der Waals surface area contributed by atoms with Crippen molar-refractivity contribution < 1.29 is 18.0 Å². The number of hydrogen-bond donors (Lipinski definition) is 1. The van der Waals surface area contributed by atoms with Gasteiger partial charge in [-0.2, -0.15) is 0 Å². The number of unbranched alkanes of at least 4 members (excludes halogenated alkanes) is 1. The second-order valence-corrected chi connectivity index (χ2v) is 12.2. The molecule has 0 spiro atoms. The average molecular weight is 564 g/mol. The lowest BCUT2D eigenvalue weighted by Crippen LogP contribution is -2.53. The molecule has 7 nitrogen and oxygen atoms in total. The minimum absolute atomic E-state index is 0.175. The molecule has 0 aromatic heterocycles. The number of nitrogens with one attached hydrogen (secondary N) is 1. The SMILES string of the molecule is CCCCNC(=O)C(Cc1ccccc1)N(Cc1ccccc1C)C(=O)CN(c1ccc(C)c(C)c1)S(C)(=O)=O. The molecule has 0 saturated heterocycles.